The number of rotatable bonds is 0. The van der Waals surface area contributed by atoms with Gasteiger partial charge in [-0.25, -0.2) is 0 Å². The number of hydrogen-bond donors (Lipinski definition) is 0. The number of hydrogen-bond acceptors (Lipinski definition) is 0. The largest absolute Gasteiger partial charge is 0.273 e. The maximum absolute atomic E-state index is 6.07. The molecule has 1 rings (SSSR count). The molecule has 0 aromatic carbocycles. The highest BCUT2D eigenvalue weighted by molar-refractivity contribution is 7.92. The molecule has 0 spiro atoms. The second-order valence-corrected chi connectivity index (χ2v) is 24.3. The van der Waals surface area contributed by atoms with E-state index in [2.05, 4.69) is 0 Å². The van der Waals surface area contributed by atoms with Gasteiger partial charge in [-0.3, -0.25) is 0 Å². The van der Waals surface area contributed by atoms with Crippen LogP contribution < -0.4 is 0 Å². The Balaban J connectivity index is 2.70. The standard InChI is InChI=1S/C4H8Cl4Si2/c5-9(6)3-1-2-4-10(9,7)8/h1-4H2. The zero-order valence-electron chi connectivity index (χ0n) is 5.34. The summed E-state index contributed by atoms with van der Waals surface area (Å²) < 4.78 is 0. The van der Waals surface area contributed by atoms with Crippen molar-refractivity contribution in [3.63, 3.8) is 0 Å². The van der Waals surface area contributed by atoms with Crippen LogP contribution in [0.25, 0.3) is 0 Å². The summed E-state index contributed by atoms with van der Waals surface area (Å²) in [5, 5.41) is 0. The summed E-state index contributed by atoms with van der Waals surface area (Å²) in [6.45, 7) is 0. The first-order valence-corrected chi connectivity index (χ1v) is 12.7. The van der Waals surface area contributed by atoms with Crippen molar-refractivity contribution in [3.05, 3.63) is 0 Å². The fraction of sp³-hybridized carbons (Fsp3) is 1.00. The lowest BCUT2D eigenvalue weighted by molar-refractivity contribution is 0.858. The van der Waals surface area contributed by atoms with Gasteiger partial charge in [0, 0.05) is 0 Å². The molecule has 0 nitrogen and oxygen atoms in total. The van der Waals surface area contributed by atoms with Crippen LogP contribution in [-0.4, -0.2) is 12.4 Å². The van der Waals surface area contributed by atoms with E-state index in [4.69, 9.17) is 44.3 Å². The molecule has 0 aliphatic carbocycles. The molecule has 1 aliphatic rings. The van der Waals surface area contributed by atoms with Crippen molar-refractivity contribution in [3.8, 4) is 0 Å². The molecule has 0 N–H and O–H groups in total. The van der Waals surface area contributed by atoms with Gasteiger partial charge < -0.3 is 0 Å². The Labute approximate surface area is 81.4 Å². The zero-order chi connectivity index (χ0) is 7.83. The molecule has 1 aliphatic heterocycles. The minimum Gasteiger partial charge on any atom is -0.147 e. The van der Waals surface area contributed by atoms with E-state index in [1.807, 2.05) is 0 Å². The monoisotopic (exact) mass is 252 g/mol. The first kappa shape index (κ1) is 9.68. The lowest BCUT2D eigenvalue weighted by Gasteiger charge is -2.32. The van der Waals surface area contributed by atoms with Crippen LogP contribution in [-0.2, 0) is 0 Å². The Morgan fingerprint density at radius 3 is 1.20 bits per heavy atom. The van der Waals surface area contributed by atoms with Crippen molar-refractivity contribution in [2.45, 2.75) is 24.9 Å². The Kier molecular flexibility index (Phi) is 3.05. The van der Waals surface area contributed by atoms with E-state index in [0.29, 0.717) is 0 Å². The van der Waals surface area contributed by atoms with Gasteiger partial charge in [-0.1, -0.05) is 12.8 Å². The predicted molar refractivity (Wildman–Crippen MR) is 53.8 cm³/mol. The molecule has 0 radical (unpaired) electrons. The molecule has 60 valence electrons. The summed E-state index contributed by atoms with van der Waals surface area (Å²) in [6, 6.07) is 1.77. The molecule has 6 heteroatoms. The van der Waals surface area contributed by atoms with E-state index < -0.39 is 12.4 Å². The van der Waals surface area contributed by atoms with Crippen LogP contribution in [0.5, 0.6) is 0 Å². The van der Waals surface area contributed by atoms with Gasteiger partial charge in [0.1, 0.15) is 0 Å². The van der Waals surface area contributed by atoms with Crippen LogP contribution in [0.15, 0.2) is 0 Å². The molecule has 0 saturated carbocycles. The molecule has 0 bridgehead atoms. The SMILES string of the molecule is Cl[Si]1(Cl)CCCC[Si]1(Cl)Cl. The molecule has 0 unspecified atom stereocenters. The predicted octanol–water partition coefficient (Wildman–Crippen LogP) is 3.70. The lowest BCUT2D eigenvalue weighted by Crippen LogP contribution is -2.49. The highest BCUT2D eigenvalue weighted by Crippen LogP contribution is 2.45. The molecule has 1 fully saturated rings. The molecular weight excluding hydrogens is 246 g/mol. The van der Waals surface area contributed by atoms with Gasteiger partial charge in [0.05, 0.1) is 0 Å². The van der Waals surface area contributed by atoms with Crippen molar-refractivity contribution >= 4 is 56.7 Å². The van der Waals surface area contributed by atoms with Crippen molar-refractivity contribution in [2.75, 3.05) is 0 Å². The average Bonchev–Trinajstić information content (AvgIpc) is 1.77. The van der Waals surface area contributed by atoms with Crippen LogP contribution in [0, 0.1) is 0 Å². The third-order valence-corrected chi connectivity index (χ3v) is 26.9. The van der Waals surface area contributed by atoms with E-state index in [1.54, 1.807) is 0 Å². The smallest absolute Gasteiger partial charge is 0.147 e. The summed E-state index contributed by atoms with van der Waals surface area (Å²) in [6.07, 6.45) is -2.20. The number of halogens is 4. The topological polar surface area (TPSA) is 0 Å². The van der Waals surface area contributed by atoms with E-state index >= 15 is 0 Å². The Morgan fingerprint density at radius 2 is 1.00 bits per heavy atom. The normalized spacial score (nSPS) is 30.0. The molecule has 0 aromatic rings. The third-order valence-electron chi connectivity index (χ3n) is 1.77. The van der Waals surface area contributed by atoms with E-state index in [-0.39, 0.29) is 0 Å². The molecule has 0 atom stereocenters. The Bertz CT molecular complexity index is 119. The third kappa shape index (κ3) is 1.85. The molecular formula is C4H8Cl4Si2. The van der Waals surface area contributed by atoms with Crippen molar-refractivity contribution in [2.24, 2.45) is 0 Å². The summed E-state index contributed by atoms with van der Waals surface area (Å²) in [4.78, 5) is 0. The minimum absolute atomic E-state index is 0.884. The first-order chi connectivity index (χ1) is 4.46. The second kappa shape index (κ2) is 3.15. The average molecular weight is 254 g/mol. The van der Waals surface area contributed by atoms with Gasteiger partial charge in [0.25, 0.3) is 12.4 Å². The van der Waals surface area contributed by atoms with Crippen molar-refractivity contribution in [1.82, 2.24) is 0 Å². The van der Waals surface area contributed by atoms with E-state index in [0.717, 1.165) is 24.9 Å². The zero-order valence-corrected chi connectivity index (χ0v) is 10.4. The molecule has 10 heavy (non-hydrogen) atoms. The van der Waals surface area contributed by atoms with Crippen molar-refractivity contribution in [1.29, 1.82) is 0 Å². The fourth-order valence-electron chi connectivity index (χ4n) is 1.06. The summed E-state index contributed by atoms with van der Waals surface area (Å²) in [7, 11) is 0. The maximum Gasteiger partial charge on any atom is 0.273 e. The fourth-order valence-corrected chi connectivity index (χ4v) is 11.4. The maximum atomic E-state index is 6.07. The molecule has 1 heterocycles. The minimum atomic E-state index is -2.20. The van der Waals surface area contributed by atoms with Crippen LogP contribution in [0.3, 0.4) is 0 Å². The van der Waals surface area contributed by atoms with Crippen LogP contribution >= 0.6 is 44.3 Å². The molecule has 1 saturated heterocycles. The highest BCUT2D eigenvalue weighted by atomic mass is 35.8. The highest BCUT2D eigenvalue weighted by Gasteiger charge is 2.54. The van der Waals surface area contributed by atoms with Crippen molar-refractivity contribution < 1.29 is 0 Å². The lowest BCUT2D eigenvalue weighted by atomic mass is 10.4. The Hall–Kier alpha value is 1.59. The van der Waals surface area contributed by atoms with Gasteiger partial charge in [0.2, 0.25) is 0 Å². The quantitative estimate of drug-likeness (QED) is 0.456. The van der Waals surface area contributed by atoms with Gasteiger partial charge in [0.15, 0.2) is 0 Å². The van der Waals surface area contributed by atoms with Gasteiger partial charge in [-0.15, -0.1) is 44.3 Å². The molecule has 0 amide bonds. The first-order valence-electron chi connectivity index (χ1n) is 3.21. The Morgan fingerprint density at radius 1 is 0.700 bits per heavy atom. The van der Waals surface area contributed by atoms with Gasteiger partial charge in [-0.05, 0) is 12.1 Å². The van der Waals surface area contributed by atoms with E-state index in [1.165, 1.54) is 0 Å². The van der Waals surface area contributed by atoms with E-state index in [9.17, 15) is 0 Å². The van der Waals surface area contributed by atoms with Crippen LogP contribution in [0.4, 0.5) is 0 Å². The second-order valence-electron chi connectivity index (χ2n) is 2.62. The summed E-state index contributed by atoms with van der Waals surface area (Å²) >= 11 is 24.3. The summed E-state index contributed by atoms with van der Waals surface area (Å²) in [5.41, 5.74) is 0. The van der Waals surface area contributed by atoms with Gasteiger partial charge in [-0.2, -0.15) is 0 Å². The van der Waals surface area contributed by atoms with Crippen LogP contribution in [0.2, 0.25) is 12.1 Å². The van der Waals surface area contributed by atoms with Gasteiger partial charge >= 0.3 is 0 Å². The summed E-state index contributed by atoms with van der Waals surface area (Å²) in [5.74, 6) is 0. The molecule has 0 aromatic heterocycles. The van der Waals surface area contributed by atoms with Crippen LogP contribution in [0.1, 0.15) is 12.8 Å².